The predicted molar refractivity (Wildman–Crippen MR) is 97.8 cm³/mol. The molecule has 0 aliphatic rings. The zero-order chi connectivity index (χ0) is 21.7. The summed E-state index contributed by atoms with van der Waals surface area (Å²) in [7, 11) is -2.48. The first-order valence-corrected chi connectivity index (χ1v) is 9.76. The molecule has 1 N–H and O–H groups in total. The molecule has 0 aliphatic carbocycles. The third-order valence-corrected chi connectivity index (χ3v) is 5.58. The molecule has 0 amide bonds. The fraction of sp³-hybridized carbons (Fsp3) is 0.118. The second-order valence-electron chi connectivity index (χ2n) is 6.26. The standard InChI is InChI=1S/C17H12F4N6O2S/c1-26-16-10(6-23-26)3-2-4-14(16)25-30(28,29)11-7-24-27(9-11)15-5-12(17(19,20)21)13(18)8-22-15/h2-9,25H,1H3. The normalized spacial score (nSPS) is 12.4. The predicted octanol–water partition coefficient (Wildman–Crippen LogP) is 3.11. The van der Waals surface area contributed by atoms with Crippen molar-refractivity contribution in [3.8, 4) is 5.82 Å². The molecule has 0 saturated heterocycles. The molecule has 8 nitrogen and oxygen atoms in total. The number of aryl methyl sites for hydroxylation is 1. The van der Waals surface area contributed by atoms with Crippen molar-refractivity contribution in [2.45, 2.75) is 11.1 Å². The lowest BCUT2D eigenvalue weighted by Crippen LogP contribution is -2.13. The summed E-state index contributed by atoms with van der Waals surface area (Å²) in [5.74, 6) is -1.93. The van der Waals surface area contributed by atoms with E-state index in [-0.39, 0.29) is 16.4 Å². The smallest absolute Gasteiger partial charge is 0.277 e. The lowest BCUT2D eigenvalue weighted by atomic mass is 10.2. The van der Waals surface area contributed by atoms with Crippen LogP contribution in [0.3, 0.4) is 0 Å². The SMILES string of the molecule is Cn1ncc2cccc(NS(=O)(=O)c3cnn(-c4cc(C(F)(F)F)c(F)cn4)c3)c21. The highest BCUT2D eigenvalue weighted by Crippen LogP contribution is 2.32. The van der Waals surface area contributed by atoms with E-state index in [1.54, 1.807) is 31.4 Å². The molecule has 3 heterocycles. The summed E-state index contributed by atoms with van der Waals surface area (Å²) >= 11 is 0. The van der Waals surface area contributed by atoms with Gasteiger partial charge in [-0.1, -0.05) is 12.1 Å². The van der Waals surface area contributed by atoms with Gasteiger partial charge in [0.1, 0.15) is 4.90 Å². The highest BCUT2D eigenvalue weighted by molar-refractivity contribution is 7.92. The largest absolute Gasteiger partial charge is 0.419 e. The van der Waals surface area contributed by atoms with Crippen molar-refractivity contribution in [2.24, 2.45) is 7.05 Å². The number of rotatable bonds is 4. The summed E-state index contributed by atoms with van der Waals surface area (Å²) in [6.07, 6.45) is -1.04. The maximum absolute atomic E-state index is 13.4. The second kappa shape index (κ2) is 6.79. The van der Waals surface area contributed by atoms with Crippen molar-refractivity contribution in [3.05, 3.63) is 60.4 Å². The maximum atomic E-state index is 13.4. The van der Waals surface area contributed by atoms with Crippen molar-refractivity contribution in [2.75, 3.05) is 4.72 Å². The number of hydrogen-bond acceptors (Lipinski definition) is 5. The molecule has 0 saturated carbocycles. The number of nitrogens with one attached hydrogen (secondary N) is 1. The van der Waals surface area contributed by atoms with Gasteiger partial charge in [-0.05, 0) is 12.1 Å². The Bertz CT molecular complexity index is 1360. The van der Waals surface area contributed by atoms with Crippen LogP contribution in [-0.2, 0) is 23.2 Å². The number of pyridine rings is 1. The molecule has 0 aliphatic heterocycles. The summed E-state index contributed by atoms with van der Waals surface area (Å²) in [4.78, 5) is 3.23. The number of fused-ring (bicyclic) bond motifs is 1. The van der Waals surface area contributed by atoms with Crippen molar-refractivity contribution < 1.29 is 26.0 Å². The van der Waals surface area contributed by atoms with Gasteiger partial charge in [-0.3, -0.25) is 9.40 Å². The average molecular weight is 440 g/mol. The number of anilines is 1. The quantitative estimate of drug-likeness (QED) is 0.492. The van der Waals surface area contributed by atoms with Gasteiger partial charge in [0.15, 0.2) is 11.6 Å². The Labute approximate surface area is 166 Å². The molecule has 0 radical (unpaired) electrons. The zero-order valence-corrected chi connectivity index (χ0v) is 15.9. The van der Waals surface area contributed by atoms with Crippen LogP contribution in [0, 0.1) is 5.82 Å². The number of alkyl halides is 3. The molecular formula is C17H12F4N6O2S. The van der Waals surface area contributed by atoms with Crippen molar-refractivity contribution >= 4 is 26.6 Å². The van der Waals surface area contributed by atoms with Crippen LogP contribution in [0.2, 0.25) is 0 Å². The minimum atomic E-state index is -4.94. The number of sulfonamides is 1. The number of hydrogen-bond donors (Lipinski definition) is 1. The third kappa shape index (κ3) is 3.47. The fourth-order valence-electron chi connectivity index (χ4n) is 2.86. The first-order valence-electron chi connectivity index (χ1n) is 8.27. The average Bonchev–Trinajstić information content (AvgIpc) is 3.30. The summed E-state index contributed by atoms with van der Waals surface area (Å²) in [5.41, 5.74) is -0.726. The zero-order valence-electron chi connectivity index (χ0n) is 15.1. The summed E-state index contributed by atoms with van der Waals surface area (Å²) < 4.78 is 82.4. The molecule has 0 bridgehead atoms. The van der Waals surface area contributed by atoms with Crippen LogP contribution >= 0.6 is 0 Å². The van der Waals surface area contributed by atoms with Crippen molar-refractivity contribution in [1.29, 1.82) is 0 Å². The lowest BCUT2D eigenvalue weighted by Gasteiger charge is -2.09. The van der Waals surface area contributed by atoms with Gasteiger partial charge in [-0.15, -0.1) is 0 Å². The Morgan fingerprint density at radius 3 is 2.60 bits per heavy atom. The topological polar surface area (TPSA) is 94.7 Å². The number of halogens is 4. The molecule has 0 fully saturated rings. The fourth-order valence-corrected chi connectivity index (χ4v) is 3.86. The minimum absolute atomic E-state index is 0.263. The van der Waals surface area contributed by atoms with Crippen LogP contribution in [0.25, 0.3) is 16.7 Å². The van der Waals surface area contributed by atoms with E-state index in [2.05, 4.69) is 19.9 Å². The Morgan fingerprint density at radius 2 is 1.87 bits per heavy atom. The highest BCUT2D eigenvalue weighted by atomic mass is 32.2. The van der Waals surface area contributed by atoms with E-state index < -0.39 is 27.6 Å². The van der Waals surface area contributed by atoms with Crippen LogP contribution in [0.15, 0.2) is 53.9 Å². The maximum Gasteiger partial charge on any atom is 0.419 e. The van der Waals surface area contributed by atoms with Gasteiger partial charge in [0, 0.05) is 12.4 Å². The van der Waals surface area contributed by atoms with E-state index in [4.69, 9.17) is 0 Å². The van der Waals surface area contributed by atoms with Gasteiger partial charge in [0.2, 0.25) is 0 Å². The van der Waals surface area contributed by atoms with Crippen molar-refractivity contribution in [1.82, 2.24) is 24.5 Å². The summed E-state index contributed by atoms with van der Waals surface area (Å²) in [6.45, 7) is 0. The Kier molecular flexibility index (Phi) is 4.49. The molecule has 4 aromatic rings. The first-order chi connectivity index (χ1) is 14.1. The Balaban J connectivity index is 1.69. The van der Waals surface area contributed by atoms with E-state index >= 15 is 0 Å². The van der Waals surface area contributed by atoms with Gasteiger partial charge in [0.25, 0.3) is 10.0 Å². The summed E-state index contributed by atoms with van der Waals surface area (Å²) in [5, 5.41) is 8.53. The molecule has 156 valence electrons. The number of para-hydroxylation sites is 1. The minimum Gasteiger partial charge on any atom is -0.277 e. The molecular weight excluding hydrogens is 428 g/mol. The van der Waals surface area contributed by atoms with Crippen LogP contribution in [0.4, 0.5) is 23.2 Å². The van der Waals surface area contributed by atoms with Crippen LogP contribution in [0.1, 0.15) is 5.56 Å². The Hall–Kier alpha value is -3.48. The van der Waals surface area contributed by atoms with Crippen LogP contribution in [0.5, 0.6) is 0 Å². The van der Waals surface area contributed by atoms with Gasteiger partial charge in [-0.2, -0.15) is 23.4 Å². The van der Waals surface area contributed by atoms with E-state index in [1.165, 1.54) is 4.68 Å². The van der Waals surface area contributed by atoms with Gasteiger partial charge >= 0.3 is 6.18 Å². The third-order valence-electron chi connectivity index (χ3n) is 4.26. The van der Waals surface area contributed by atoms with Crippen LogP contribution < -0.4 is 4.72 Å². The van der Waals surface area contributed by atoms with E-state index in [0.29, 0.717) is 23.2 Å². The van der Waals surface area contributed by atoms with Gasteiger partial charge in [0.05, 0.1) is 41.6 Å². The molecule has 30 heavy (non-hydrogen) atoms. The lowest BCUT2D eigenvalue weighted by molar-refractivity contribution is -0.140. The second-order valence-corrected chi connectivity index (χ2v) is 7.94. The number of aromatic nitrogens is 5. The first kappa shape index (κ1) is 19.8. The van der Waals surface area contributed by atoms with Gasteiger partial charge < -0.3 is 0 Å². The molecule has 0 unspecified atom stereocenters. The monoisotopic (exact) mass is 440 g/mol. The Morgan fingerprint density at radius 1 is 1.10 bits per heavy atom. The molecule has 3 aromatic heterocycles. The molecule has 4 rings (SSSR count). The van der Waals surface area contributed by atoms with Gasteiger partial charge in [-0.25, -0.2) is 22.5 Å². The van der Waals surface area contributed by atoms with E-state index in [1.807, 2.05) is 0 Å². The summed E-state index contributed by atoms with van der Waals surface area (Å²) in [6, 6.07) is 5.40. The highest BCUT2D eigenvalue weighted by Gasteiger charge is 2.35. The van der Waals surface area contributed by atoms with E-state index in [9.17, 15) is 26.0 Å². The molecule has 1 aromatic carbocycles. The molecule has 13 heteroatoms. The molecule has 0 atom stereocenters. The van der Waals surface area contributed by atoms with Crippen molar-refractivity contribution in [3.63, 3.8) is 0 Å². The van der Waals surface area contributed by atoms with Crippen LogP contribution in [-0.4, -0.2) is 33.0 Å². The molecule has 0 spiro atoms. The number of benzene rings is 1. The number of nitrogens with zero attached hydrogens (tertiary/aromatic N) is 5. The van der Waals surface area contributed by atoms with E-state index in [0.717, 1.165) is 17.1 Å².